The van der Waals surface area contributed by atoms with Gasteiger partial charge in [0.1, 0.15) is 0 Å². The molecule has 0 heterocycles. The van der Waals surface area contributed by atoms with E-state index >= 15 is 0 Å². The van der Waals surface area contributed by atoms with Gasteiger partial charge < -0.3 is 0 Å². The van der Waals surface area contributed by atoms with Crippen LogP contribution in [0.25, 0.3) is 0 Å². The van der Waals surface area contributed by atoms with Gasteiger partial charge in [-0.3, -0.25) is 5.11 Å². The van der Waals surface area contributed by atoms with Crippen LogP contribution in [0, 0.1) is 0 Å². The van der Waals surface area contributed by atoms with Crippen molar-refractivity contribution in [1.82, 2.24) is 0 Å². The second kappa shape index (κ2) is 4.15. The Balaban J connectivity index is 3.23. The minimum absolute atomic E-state index is 0.0448. The van der Waals surface area contributed by atoms with Crippen LogP contribution < -0.4 is 0 Å². The highest BCUT2D eigenvalue weighted by atomic mass is 35.6. The molecule has 0 atom stereocenters. The summed E-state index contributed by atoms with van der Waals surface area (Å²) >= 11 is 28.3. The summed E-state index contributed by atoms with van der Waals surface area (Å²) in [4.78, 5) is 0. The molecule has 6 heteroatoms. The fourth-order valence-corrected chi connectivity index (χ4v) is 1.50. The predicted molar refractivity (Wildman–Crippen MR) is 60.2 cm³/mol. The lowest BCUT2D eigenvalue weighted by atomic mass is 10.1. The number of para-hydroxylation sites is 1. The molecule has 0 aromatic heterocycles. The van der Waals surface area contributed by atoms with Crippen LogP contribution in [0.5, 0.6) is 5.75 Å². The first kappa shape index (κ1) is 12.5. The third-order valence-electron chi connectivity index (χ3n) is 1.58. The molecule has 0 fully saturated rings. The molecule has 0 bridgehead atoms. The summed E-state index contributed by atoms with van der Waals surface area (Å²) in [6.45, 7) is 0. The summed E-state index contributed by atoms with van der Waals surface area (Å²) < 4.78 is -3.81. The first-order valence-electron chi connectivity index (χ1n) is 3.48. The van der Waals surface area contributed by atoms with Gasteiger partial charge in [-0.25, -0.2) is 0 Å². The van der Waals surface area contributed by atoms with Gasteiger partial charge in [0, 0.05) is 5.56 Å². The summed E-state index contributed by atoms with van der Waals surface area (Å²) in [6.07, 6.45) is 0. The van der Waals surface area contributed by atoms with Crippen molar-refractivity contribution < 1.29 is 5.11 Å². The van der Waals surface area contributed by atoms with Crippen LogP contribution in [-0.4, -0.2) is 3.79 Å². The lowest BCUT2D eigenvalue weighted by Gasteiger charge is -2.27. The molecule has 1 nitrogen and oxygen atoms in total. The summed E-state index contributed by atoms with van der Waals surface area (Å²) in [7, 11) is 0. The largest absolute Gasteiger partial charge is 0.290 e. The first-order chi connectivity index (χ1) is 6.27. The van der Waals surface area contributed by atoms with Gasteiger partial charge in [-0.05, 0) is 6.07 Å². The standard InChI is InChI=1S/C8H4Cl5O/c9-7(10,8(11,12)13)5-3-1-2-4-6(5)14/h1-4H. The van der Waals surface area contributed by atoms with Gasteiger partial charge in [0.2, 0.25) is 3.79 Å². The topological polar surface area (TPSA) is 19.9 Å². The second-order valence-corrected chi connectivity index (χ2v) is 6.18. The zero-order valence-electron chi connectivity index (χ0n) is 6.61. The number of hydrogen-bond acceptors (Lipinski definition) is 0. The van der Waals surface area contributed by atoms with E-state index in [1.54, 1.807) is 12.1 Å². The van der Waals surface area contributed by atoms with Crippen molar-refractivity contribution in [3.05, 3.63) is 29.8 Å². The number of halogens is 5. The van der Waals surface area contributed by atoms with Crippen LogP contribution in [0.4, 0.5) is 0 Å². The molecule has 0 amide bonds. The Kier molecular flexibility index (Phi) is 3.72. The van der Waals surface area contributed by atoms with Gasteiger partial charge in [-0.2, -0.15) is 0 Å². The lowest BCUT2D eigenvalue weighted by molar-refractivity contribution is 0.348. The van der Waals surface area contributed by atoms with Crippen LogP contribution in [-0.2, 0) is 9.44 Å². The Morgan fingerprint density at radius 3 is 1.86 bits per heavy atom. The summed E-state index contributed by atoms with van der Waals surface area (Å²) in [5.41, 5.74) is 0.0448. The number of hydrogen-bond donors (Lipinski definition) is 0. The van der Waals surface area contributed by atoms with Crippen LogP contribution >= 0.6 is 58.0 Å². The van der Waals surface area contributed by atoms with Crippen LogP contribution in [0.2, 0.25) is 0 Å². The van der Waals surface area contributed by atoms with E-state index in [0.717, 1.165) is 0 Å². The van der Waals surface area contributed by atoms with E-state index < -0.39 is 8.13 Å². The third-order valence-corrected chi connectivity index (χ3v) is 3.99. The Bertz CT molecular complexity index is 331. The maximum absolute atomic E-state index is 11.4. The number of benzene rings is 1. The summed E-state index contributed by atoms with van der Waals surface area (Å²) in [6, 6.07) is 5.86. The van der Waals surface area contributed by atoms with Crippen molar-refractivity contribution in [2.24, 2.45) is 0 Å². The molecule has 0 aliphatic carbocycles. The molecule has 0 N–H and O–H groups in total. The molecule has 0 saturated carbocycles. The molecule has 77 valence electrons. The maximum Gasteiger partial charge on any atom is 0.227 e. The summed E-state index contributed by atoms with van der Waals surface area (Å²) in [5, 5.41) is 11.4. The van der Waals surface area contributed by atoms with Crippen molar-refractivity contribution >= 4 is 58.0 Å². The van der Waals surface area contributed by atoms with E-state index in [1.807, 2.05) is 0 Å². The zero-order valence-corrected chi connectivity index (χ0v) is 10.4. The van der Waals surface area contributed by atoms with Gasteiger partial charge in [-0.15, -0.1) is 0 Å². The van der Waals surface area contributed by atoms with Crippen molar-refractivity contribution in [1.29, 1.82) is 0 Å². The van der Waals surface area contributed by atoms with E-state index in [4.69, 9.17) is 58.0 Å². The Labute approximate surface area is 106 Å². The quantitative estimate of drug-likeness (QED) is 0.661. The van der Waals surface area contributed by atoms with Gasteiger partial charge in [-0.1, -0.05) is 76.2 Å². The average molecular weight is 293 g/mol. The van der Waals surface area contributed by atoms with Crippen LogP contribution in [0.15, 0.2) is 24.3 Å². The van der Waals surface area contributed by atoms with Crippen molar-refractivity contribution in [3.8, 4) is 5.75 Å². The van der Waals surface area contributed by atoms with E-state index in [-0.39, 0.29) is 11.3 Å². The summed E-state index contributed by atoms with van der Waals surface area (Å²) in [5.74, 6) is -0.371. The SMILES string of the molecule is [O]c1ccccc1C(Cl)(Cl)C(Cl)(Cl)Cl. The fraction of sp³-hybridized carbons (Fsp3) is 0.250. The highest BCUT2D eigenvalue weighted by molar-refractivity contribution is 6.75. The number of alkyl halides is 5. The Morgan fingerprint density at radius 2 is 1.43 bits per heavy atom. The first-order valence-corrected chi connectivity index (χ1v) is 5.37. The molecule has 0 unspecified atom stereocenters. The van der Waals surface area contributed by atoms with E-state index in [0.29, 0.717) is 0 Å². The molecule has 14 heavy (non-hydrogen) atoms. The lowest BCUT2D eigenvalue weighted by Crippen LogP contribution is -2.28. The molecule has 0 spiro atoms. The van der Waals surface area contributed by atoms with Gasteiger partial charge in [0.05, 0.1) is 0 Å². The van der Waals surface area contributed by atoms with Gasteiger partial charge in [0.25, 0.3) is 0 Å². The molecule has 0 aliphatic rings. The molecule has 0 saturated heterocycles. The highest BCUT2D eigenvalue weighted by Gasteiger charge is 2.48. The van der Waals surface area contributed by atoms with Crippen molar-refractivity contribution in [2.75, 3.05) is 0 Å². The van der Waals surface area contributed by atoms with E-state index in [9.17, 15) is 5.11 Å². The van der Waals surface area contributed by atoms with Gasteiger partial charge in [0.15, 0.2) is 10.1 Å². The molecular formula is C8H4Cl5O. The zero-order chi connectivity index (χ0) is 11.0. The average Bonchev–Trinajstić information content (AvgIpc) is 2.02. The third kappa shape index (κ3) is 2.34. The molecule has 0 aliphatic heterocycles. The normalized spacial score (nSPS) is 12.9. The van der Waals surface area contributed by atoms with Gasteiger partial charge >= 0.3 is 0 Å². The van der Waals surface area contributed by atoms with Crippen LogP contribution in [0.1, 0.15) is 5.56 Å². The predicted octanol–water partition coefficient (Wildman–Crippen LogP) is 4.83. The van der Waals surface area contributed by atoms with Crippen molar-refractivity contribution in [3.63, 3.8) is 0 Å². The fourth-order valence-electron chi connectivity index (χ4n) is 0.879. The molecule has 1 rings (SSSR count). The molecule has 1 radical (unpaired) electrons. The smallest absolute Gasteiger partial charge is 0.227 e. The number of rotatable bonds is 1. The maximum atomic E-state index is 11.4. The van der Waals surface area contributed by atoms with Crippen molar-refractivity contribution in [2.45, 2.75) is 8.13 Å². The minimum atomic E-state index is -1.96. The molecule has 1 aromatic rings. The second-order valence-electron chi connectivity index (χ2n) is 2.57. The minimum Gasteiger partial charge on any atom is -0.290 e. The highest BCUT2D eigenvalue weighted by Crippen LogP contribution is 2.54. The van der Waals surface area contributed by atoms with E-state index in [1.165, 1.54) is 12.1 Å². The molecule has 1 aromatic carbocycles. The van der Waals surface area contributed by atoms with Crippen LogP contribution in [0.3, 0.4) is 0 Å². The molecular weight excluding hydrogens is 289 g/mol. The van der Waals surface area contributed by atoms with E-state index in [2.05, 4.69) is 0 Å². The monoisotopic (exact) mass is 291 g/mol. The Hall–Kier alpha value is 0.470. The Morgan fingerprint density at radius 1 is 0.929 bits per heavy atom.